The number of benzene rings is 1. The van der Waals surface area contributed by atoms with Crippen LogP contribution in [0.3, 0.4) is 0 Å². The van der Waals surface area contributed by atoms with Crippen LogP contribution in [0.15, 0.2) is 21.0 Å². The van der Waals surface area contributed by atoms with Crippen LogP contribution in [-0.2, 0) is 13.0 Å². The molecule has 0 aliphatic carbocycles. The van der Waals surface area contributed by atoms with E-state index in [4.69, 9.17) is 14.9 Å². The Hall–Kier alpha value is -1.76. The van der Waals surface area contributed by atoms with Crippen molar-refractivity contribution in [3.05, 3.63) is 27.7 Å². The molecular formula is C11H11BrN4O2. The first-order chi connectivity index (χ1) is 8.72. The molecule has 18 heavy (non-hydrogen) atoms. The summed E-state index contributed by atoms with van der Waals surface area (Å²) in [6.07, 6.45) is 0.940. The predicted octanol–water partition coefficient (Wildman–Crippen LogP) is 1.96. The van der Waals surface area contributed by atoms with Crippen LogP contribution in [0.4, 0.5) is 12.0 Å². The minimum atomic E-state index is 0.0493. The van der Waals surface area contributed by atoms with Gasteiger partial charge in [-0.05, 0) is 17.7 Å². The molecule has 0 bridgehead atoms. The van der Waals surface area contributed by atoms with E-state index < -0.39 is 0 Å². The zero-order valence-corrected chi connectivity index (χ0v) is 11.0. The minimum Gasteiger partial charge on any atom is -0.493 e. The lowest BCUT2D eigenvalue weighted by Gasteiger charge is -2.08. The molecule has 0 saturated heterocycles. The molecule has 2 heterocycles. The summed E-state index contributed by atoms with van der Waals surface area (Å²) in [5.41, 5.74) is 7.61. The average molecular weight is 311 g/mol. The lowest BCUT2D eigenvalue weighted by molar-refractivity contribution is 0.353. The summed E-state index contributed by atoms with van der Waals surface area (Å²) in [4.78, 5) is 0. The number of hydrogen-bond acceptors (Lipinski definition) is 6. The van der Waals surface area contributed by atoms with Gasteiger partial charge >= 0.3 is 12.0 Å². The van der Waals surface area contributed by atoms with E-state index in [1.54, 1.807) is 0 Å². The highest BCUT2D eigenvalue weighted by molar-refractivity contribution is 9.10. The van der Waals surface area contributed by atoms with Crippen molar-refractivity contribution in [2.24, 2.45) is 0 Å². The summed E-state index contributed by atoms with van der Waals surface area (Å²) in [5.74, 6) is 0.943. The molecule has 1 aliphatic rings. The number of fused-ring (bicyclic) bond motifs is 1. The van der Waals surface area contributed by atoms with Crippen molar-refractivity contribution >= 4 is 28.0 Å². The maximum absolute atomic E-state index is 5.63. The van der Waals surface area contributed by atoms with Gasteiger partial charge in [0.05, 0.1) is 6.61 Å². The van der Waals surface area contributed by atoms with Crippen LogP contribution in [0.25, 0.3) is 0 Å². The van der Waals surface area contributed by atoms with E-state index in [9.17, 15) is 0 Å². The fourth-order valence-corrected chi connectivity index (χ4v) is 2.51. The summed E-state index contributed by atoms with van der Waals surface area (Å²) < 4.78 is 11.7. The third-order valence-electron chi connectivity index (χ3n) is 2.70. The quantitative estimate of drug-likeness (QED) is 0.901. The number of ether oxygens (including phenoxy) is 1. The van der Waals surface area contributed by atoms with Crippen LogP contribution in [0.5, 0.6) is 5.75 Å². The third kappa shape index (κ3) is 2.13. The molecule has 3 rings (SSSR count). The van der Waals surface area contributed by atoms with E-state index in [1.165, 1.54) is 5.56 Å². The van der Waals surface area contributed by atoms with Crippen molar-refractivity contribution in [1.29, 1.82) is 0 Å². The van der Waals surface area contributed by atoms with E-state index >= 15 is 0 Å². The summed E-state index contributed by atoms with van der Waals surface area (Å²) in [6, 6.07) is 4.44. The van der Waals surface area contributed by atoms with Crippen LogP contribution in [-0.4, -0.2) is 16.8 Å². The topological polar surface area (TPSA) is 86.2 Å². The second-order valence-corrected chi connectivity index (χ2v) is 4.87. The van der Waals surface area contributed by atoms with Crippen molar-refractivity contribution in [3.63, 3.8) is 0 Å². The van der Waals surface area contributed by atoms with Gasteiger partial charge in [-0.3, -0.25) is 0 Å². The van der Waals surface area contributed by atoms with Gasteiger partial charge in [0.15, 0.2) is 0 Å². The fraction of sp³-hybridized carbons (Fsp3) is 0.273. The number of hydrogen-bond donors (Lipinski definition) is 2. The van der Waals surface area contributed by atoms with Crippen LogP contribution in [0, 0.1) is 0 Å². The number of nitrogen functional groups attached to an aromatic ring is 1. The molecule has 0 unspecified atom stereocenters. The minimum absolute atomic E-state index is 0.0493. The molecule has 6 nitrogen and oxygen atoms in total. The van der Waals surface area contributed by atoms with E-state index in [0.29, 0.717) is 12.6 Å². The molecular weight excluding hydrogens is 300 g/mol. The van der Waals surface area contributed by atoms with Gasteiger partial charge in [0, 0.05) is 23.0 Å². The normalized spacial score (nSPS) is 13.2. The van der Waals surface area contributed by atoms with Crippen molar-refractivity contribution in [2.45, 2.75) is 13.0 Å². The summed E-state index contributed by atoms with van der Waals surface area (Å²) in [7, 11) is 0. The van der Waals surface area contributed by atoms with Crippen molar-refractivity contribution < 1.29 is 9.15 Å². The number of nitrogens with one attached hydrogen (secondary N) is 1. The summed E-state index contributed by atoms with van der Waals surface area (Å²) >= 11 is 3.49. The molecule has 0 spiro atoms. The van der Waals surface area contributed by atoms with Gasteiger partial charge in [-0.1, -0.05) is 26.1 Å². The number of rotatable bonds is 3. The van der Waals surface area contributed by atoms with Gasteiger partial charge < -0.3 is 20.2 Å². The van der Waals surface area contributed by atoms with E-state index in [-0.39, 0.29) is 6.01 Å². The van der Waals surface area contributed by atoms with Crippen molar-refractivity contribution in [3.8, 4) is 5.75 Å². The van der Waals surface area contributed by atoms with Crippen LogP contribution < -0.4 is 15.8 Å². The predicted molar refractivity (Wildman–Crippen MR) is 69.4 cm³/mol. The molecule has 1 aliphatic heterocycles. The highest BCUT2D eigenvalue weighted by Gasteiger charge is 2.17. The second kappa shape index (κ2) is 4.49. The lowest BCUT2D eigenvalue weighted by atomic mass is 10.1. The standard InChI is InChI=1S/C11H11BrN4O2/c12-8-3-6-1-2-17-9(6)7(4-8)5-14-11-16-15-10(13)18-11/h3-4H,1-2,5H2,(H2,13,15)(H,14,16). The molecule has 3 N–H and O–H groups in total. The highest BCUT2D eigenvalue weighted by Crippen LogP contribution is 2.33. The SMILES string of the molecule is Nc1nnc(NCc2cc(Br)cc3c2OCC3)o1. The Morgan fingerprint density at radius 3 is 3.06 bits per heavy atom. The van der Waals surface area contributed by atoms with Gasteiger partial charge in [0.1, 0.15) is 5.75 Å². The van der Waals surface area contributed by atoms with E-state index in [0.717, 1.165) is 28.8 Å². The first-order valence-corrected chi connectivity index (χ1v) is 6.28. The zero-order chi connectivity index (χ0) is 12.5. The summed E-state index contributed by atoms with van der Waals surface area (Å²) in [6.45, 7) is 1.27. The Balaban J connectivity index is 1.80. The summed E-state index contributed by atoms with van der Waals surface area (Å²) in [5, 5.41) is 10.3. The first-order valence-electron chi connectivity index (χ1n) is 5.49. The smallest absolute Gasteiger partial charge is 0.317 e. The number of halogens is 1. The monoisotopic (exact) mass is 310 g/mol. The van der Waals surface area contributed by atoms with Crippen LogP contribution in [0.1, 0.15) is 11.1 Å². The maximum atomic E-state index is 5.63. The van der Waals surface area contributed by atoms with Gasteiger partial charge in [-0.2, -0.15) is 0 Å². The van der Waals surface area contributed by atoms with Gasteiger partial charge in [0.25, 0.3) is 0 Å². The molecule has 1 aromatic heterocycles. The Morgan fingerprint density at radius 2 is 2.28 bits per heavy atom. The molecule has 7 heteroatoms. The largest absolute Gasteiger partial charge is 0.493 e. The lowest BCUT2D eigenvalue weighted by Crippen LogP contribution is -2.02. The van der Waals surface area contributed by atoms with Crippen LogP contribution in [0.2, 0.25) is 0 Å². The van der Waals surface area contributed by atoms with Gasteiger partial charge in [-0.25, -0.2) is 0 Å². The molecule has 0 fully saturated rings. The fourth-order valence-electron chi connectivity index (χ4n) is 1.95. The number of nitrogens with two attached hydrogens (primary N) is 1. The van der Waals surface area contributed by atoms with E-state index in [1.807, 2.05) is 6.07 Å². The molecule has 1 aromatic carbocycles. The molecule has 0 amide bonds. The highest BCUT2D eigenvalue weighted by atomic mass is 79.9. The number of anilines is 2. The third-order valence-corrected chi connectivity index (χ3v) is 3.15. The zero-order valence-electron chi connectivity index (χ0n) is 9.44. The number of nitrogens with zero attached hydrogens (tertiary/aromatic N) is 2. The molecule has 0 radical (unpaired) electrons. The van der Waals surface area contributed by atoms with Crippen LogP contribution >= 0.6 is 15.9 Å². The molecule has 2 aromatic rings. The van der Waals surface area contributed by atoms with Gasteiger partial charge in [0.2, 0.25) is 0 Å². The molecule has 0 atom stereocenters. The Bertz CT molecular complexity index is 584. The molecule has 94 valence electrons. The van der Waals surface area contributed by atoms with Gasteiger partial charge in [-0.15, -0.1) is 0 Å². The van der Waals surface area contributed by atoms with Crippen molar-refractivity contribution in [2.75, 3.05) is 17.7 Å². The Kier molecular flexibility index (Phi) is 2.83. The second-order valence-electron chi connectivity index (χ2n) is 3.95. The number of aromatic nitrogens is 2. The Morgan fingerprint density at radius 1 is 1.39 bits per heavy atom. The first kappa shape index (κ1) is 11.3. The average Bonchev–Trinajstić information content (AvgIpc) is 2.94. The van der Waals surface area contributed by atoms with E-state index in [2.05, 4.69) is 37.5 Å². The van der Waals surface area contributed by atoms with Crippen molar-refractivity contribution in [1.82, 2.24) is 10.2 Å². The molecule has 0 saturated carbocycles. The maximum Gasteiger partial charge on any atom is 0.317 e. The Labute approximate surface area is 112 Å².